The lowest BCUT2D eigenvalue weighted by Crippen LogP contribution is -2.32. The number of hydrogen-bond donors (Lipinski definition) is 1. The van der Waals surface area contributed by atoms with Gasteiger partial charge in [0.05, 0.1) is 27.5 Å². The van der Waals surface area contributed by atoms with E-state index in [2.05, 4.69) is 0 Å². The van der Waals surface area contributed by atoms with Crippen molar-refractivity contribution in [3.63, 3.8) is 0 Å². The van der Waals surface area contributed by atoms with Crippen LogP contribution in [0.25, 0.3) is 0 Å². The van der Waals surface area contributed by atoms with Crippen LogP contribution in [-0.2, 0) is 9.59 Å². The second-order valence-corrected chi connectivity index (χ2v) is 10.2. The average Bonchev–Trinajstić information content (AvgIpc) is 3.43. The maximum Gasteiger partial charge on any atom is 0.247 e. The van der Waals surface area contributed by atoms with E-state index in [0.29, 0.717) is 17.1 Å². The third kappa shape index (κ3) is 4.72. The summed E-state index contributed by atoms with van der Waals surface area (Å²) in [5.41, 5.74) is 3.26. The minimum atomic E-state index is -0.725. The summed E-state index contributed by atoms with van der Waals surface area (Å²) >= 11 is 13.1. The molecule has 2 atom stereocenters. The van der Waals surface area contributed by atoms with Gasteiger partial charge >= 0.3 is 0 Å². The zero-order chi connectivity index (χ0) is 24.5. The smallest absolute Gasteiger partial charge is 0.247 e. The Morgan fingerprint density at radius 1 is 0.914 bits per heavy atom. The molecule has 2 amide bonds. The van der Waals surface area contributed by atoms with Crippen molar-refractivity contribution in [1.82, 2.24) is 5.01 Å². The molecule has 0 spiro atoms. The van der Waals surface area contributed by atoms with E-state index in [-0.39, 0.29) is 34.5 Å². The minimum Gasteiger partial charge on any atom is -0.277 e. The van der Waals surface area contributed by atoms with Crippen LogP contribution in [0.2, 0.25) is 10.0 Å². The summed E-state index contributed by atoms with van der Waals surface area (Å²) in [6.07, 6.45) is 0.620. The first-order chi connectivity index (χ1) is 16.9. The Morgan fingerprint density at radius 2 is 1.60 bits per heavy atom. The number of rotatable bonds is 4. The summed E-state index contributed by atoms with van der Waals surface area (Å²) in [4.78, 5) is 27.0. The predicted octanol–water partition coefficient (Wildman–Crippen LogP) is 6.14. The number of hydrogen-bond acceptors (Lipinski definition) is 5. The van der Waals surface area contributed by atoms with Crippen molar-refractivity contribution in [1.29, 1.82) is 5.41 Å². The van der Waals surface area contributed by atoms with Gasteiger partial charge in [0.15, 0.2) is 5.17 Å². The van der Waals surface area contributed by atoms with Crippen molar-refractivity contribution in [3.8, 4) is 0 Å². The Labute approximate surface area is 217 Å². The largest absolute Gasteiger partial charge is 0.277 e. The number of benzene rings is 3. The van der Waals surface area contributed by atoms with E-state index in [1.54, 1.807) is 17.1 Å². The van der Waals surface area contributed by atoms with Gasteiger partial charge in [-0.3, -0.25) is 15.0 Å². The molecule has 9 heteroatoms. The number of thioether (sulfide) groups is 1. The molecule has 0 unspecified atom stereocenters. The highest BCUT2D eigenvalue weighted by Gasteiger charge is 2.42. The number of halogens is 2. The van der Waals surface area contributed by atoms with E-state index in [1.165, 1.54) is 6.07 Å². The van der Waals surface area contributed by atoms with Crippen molar-refractivity contribution < 1.29 is 9.59 Å². The molecule has 0 aromatic heterocycles. The monoisotopic (exact) mass is 522 g/mol. The highest BCUT2D eigenvalue weighted by molar-refractivity contribution is 8.14. The molecule has 1 fully saturated rings. The molecule has 1 saturated heterocycles. The molecule has 2 heterocycles. The Kier molecular flexibility index (Phi) is 6.65. The highest BCUT2D eigenvalue weighted by Crippen LogP contribution is 2.38. The second-order valence-electron chi connectivity index (χ2n) is 8.17. The second kappa shape index (κ2) is 9.85. The van der Waals surface area contributed by atoms with Gasteiger partial charge in [0.1, 0.15) is 5.25 Å². The number of hydrazone groups is 1. The molecular formula is C26H20Cl2N4O2S. The number of amides is 2. The molecule has 6 nitrogen and oxygen atoms in total. The van der Waals surface area contributed by atoms with Crippen LogP contribution < -0.4 is 4.90 Å². The molecule has 0 saturated carbocycles. The molecule has 3 aromatic rings. The van der Waals surface area contributed by atoms with Gasteiger partial charge in [0.2, 0.25) is 11.8 Å². The molecule has 3 aromatic carbocycles. The van der Waals surface area contributed by atoms with Gasteiger partial charge in [-0.05, 0) is 29.3 Å². The van der Waals surface area contributed by atoms with Crippen LogP contribution in [0.1, 0.15) is 30.0 Å². The number of carbonyl (C=O) groups is 2. The number of imide groups is 1. The predicted molar refractivity (Wildman–Crippen MR) is 141 cm³/mol. The van der Waals surface area contributed by atoms with Crippen molar-refractivity contribution in [2.45, 2.75) is 24.1 Å². The first-order valence-electron chi connectivity index (χ1n) is 11.0. The van der Waals surface area contributed by atoms with Crippen LogP contribution in [0.4, 0.5) is 5.69 Å². The zero-order valence-electron chi connectivity index (χ0n) is 18.4. The van der Waals surface area contributed by atoms with E-state index in [4.69, 9.17) is 33.7 Å². The maximum atomic E-state index is 13.2. The first-order valence-corrected chi connectivity index (χ1v) is 12.6. The molecule has 35 heavy (non-hydrogen) atoms. The van der Waals surface area contributed by atoms with Gasteiger partial charge in [-0.15, -0.1) is 0 Å². The molecule has 0 radical (unpaired) electrons. The number of amidine groups is 1. The van der Waals surface area contributed by atoms with Crippen LogP contribution in [0, 0.1) is 5.41 Å². The molecule has 176 valence electrons. The molecule has 2 aliphatic rings. The Bertz CT molecular complexity index is 1330. The van der Waals surface area contributed by atoms with Gasteiger partial charge in [0, 0.05) is 12.8 Å². The molecular weight excluding hydrogens is 503 g/mol. The minimum absolute atomic E-state index is 0.00870. The quantitative estimate of drug-likeness (QED) is 0.253. The van der Waals surface area contributed by atoms with Crippen molar-refractivity contribution in [2.24, 2.45) is 5.10 Å². The van der Waals surface area contributed by atoms with Crippen molar-refractivity contribution >= 4 is 63.3 Å². The van der Waals surface area contributed by atoms with Gasteiger partial charge < -0.3 is 0 Å². The normalized spacial score (nSPS) is 19.9. The van der Waals surface area contributed by atoms with E-state index in [1.807, 2.05) is 60.7 Å². The lowest BCUT2D eigenvalue weighted by molar-refractivity contribution is -0.121. The van der Waals surface area contributed by atoms with Crippen LogP contribution >= 0.6 is 35.0 Å². The first kappa shape index (κ1) is 23.6. The van der Waals surface area contributed by atoms with Crippen molar-refractivity contribution in [3.05, 3.63) is 100 Å². The Hall–Kier alpha value is -3.13. The van der Waals surface area contributed by atoms with Crippen molar-refractivity contribution in [2.75, 3.05) is 4.90 Å². The zero-order valence-corrected chi connectivity index (χ0v) is 20.7. The summed E-state index contributed by atoms with van der Waals surface area (Å²) in [7, 11) is 0. The van der Waals surface area contributed by atoms with Crippen LogP contribution in [0.5, 0.6) is 0 Å². The highest BCUT2D eigenvalue weighted by atomic mass is 35.5. The number of carbonyl (C=O) groups excluding carboxylic acids is 2. The van der Waals surface area contributed by atoms with Gasteiger partial charge in [-0.2, -0.15) is 5.10 Å². The standard InChI is InChI=1S/C26H20Cl2N4O2S/c27-19-12-11-18(13-20(19)28)31-24(33)15-23(25(31)34)35-26(29)32-22(17-9-5-2-6-10-17)14-21(30-32)16-7-3-1-4-8-16/h1-13,22-23,29H,14-15H2/t22-,23-/m1/s1. The Balaban J connectivity index is 1.39. The maximum absolute atomic E-state index is 13.2. The number of anilines is 1. The van der Waals surface area contributed by atoms with E-state index >= 15 is 0 Å². The van der Waals surface area contributed by atoms with E-state index in [0.717, 1.165) is 33.5 Å². The average molecular weight is 523 g/mol. The third-order valence-electron chi connectivity index (χ3n) is 5.93. The molecule has 0 bridgehead atoms. The lowest BCUT2D eigenvalue weighted by Gasteiger charge is -2.24. The summed E-state index contributed by atoms with van der Waals surface area (Å²) in [5.74, 6) is -0.723. The van der Waals surface area contributed by atoms with Crippen LogP contribution in [-0.4, -0.2) is 33.0 Å². The summed E-state index contributed by atoms with van der Waals surface area (Å²) in [6, 6.07) is 24.2. The fraction of sp³-hybridized carbons (Fsp3) is 0.154. The van der Waals surface area contributed by atoms with Crippen LogP contribution in [0.15, 0.2) is 84.0 Å². The van der Waals surface area contributed by atoms with Crippen LogP contribution in [0.3, 0.4) is 0 Å². The van der Waals surface area contributed by atoms with E-state index < -0.39 is 5.25 Å². The van der Waals surface area contributed by atoms with Gasteiger partial charge in [-0.1, -0.05) is 95.6 Å². The van der Waals surface area contributed by atoms with E-state index in [9.17, 15) is 9.59 Å². The topological polar surface area (TPSA) is 76.8 Å². The fourth-order valence-corrected chi connectivity index (χ4v) is 5.49. The number of nitrogens with one attached hydrogen (secondary N) is 1. The summed E-state index contributed by atoms with van der Waals surface area (Å²) in [6.45, 7) is 0. The van der Waals surface area contributed by atoms with Gasteiger partial charge in [0.25, 0.3) is 0 Å². The fourth-order valence-electron chi connectivity index (χ4n) is 4.22. The molecule has 0 aliphatic carbocycles. The third-order valence-corrected chi connectivity index (χ3v) is 7.73. The van der Waals surface area contributed by atoms with Gasteiger partial charge in [-0.25, -0.2) is 9.91 Å². The number of nitrogens with zero attached hydrogens (tertiary/aromatic N) is 3. The molecule has 2 aliphatic heterocycles. The summed E-state index contributed by atoms with van der Waals surface area (Å²) < 4.78 is 0. The lowest BCUT2D eigenvalue weighted by atomic mass is 9.99. The Morgan fingerprint density at radius 3 is 2.29 bits per heavy atom. The summed E-state index contributed by atoms with van der Waals surface area (Å²) in [5, 5.41) is 15.2. The molecule has 1 N–H and O–H groups in total. The molecule has 5 rings (SSSR count). The SMILES string of the molecule is N=C(S[C@@H]1CC(=O)N(c2ccc(Cl)c(Cl)c2)C1=O)N1N=C(c2ccccc2)C[C@@H]1c1ccccc1.